The third-order valence-corrected chi connectivity index (χ3v) is 4.27. The second kappa shape index (κ2) is 6.01. The number of nitrogens with one attached hydrogen (secondary N) is 1. The molecule has 0 atom stereocenters. The summed E-state index contributed by atoms with van der Waals surface area (Å²) >= 11 is 0. The number of halogens is 1. The van der Waals surface area contributed by atoms with Gasteiger partial charge in [-0.1, -0.05) is 12.1 Å². The minimum atomic E-state index is -0.490. The Kier molecular flexibility index (Phi) is 4.07. The van der Waals surface area contributed by atoms with E-state index in [0.717, 1.165) is 31.2 Å². The molecule has 1 aromatic carbocycles. The number of anilines is 1. The number of nitrogens with zero attached hydrogens (tertiary/aromatic N) is 2. The molecular weight excluding hydrogens is 281 g/mol. The van der Waals surface area contributed by atoms with Gasteiger partial charge in [0.15, 0.2) is 5.82 Å². The monoisotopic (exact) mass is 301 g/mol. The van der Waals surface area contributed by atoms with Gasteiger partial charge in [0, 0.05) is 12.1 Å². The SMILES string of the molecule is Cc1cc(-c2cccc(F)c2)nnc1NCCC1(O)CCC1. The Morgan fingerprint density at radius 3 is 2.73 bits per heavy atom. The average molecular weight is 301 g/mol. The zero-order chi connectivity index (χ0) is 15.6. The Labute approximate surface area is 129 Å². The molecule has 1 aromatic heterocycles. The maximum atomic E-state index is 13.3. The Morgan fingerprint density at radius 2 is 2.09 bits per heavy atom. The van der Waals surface area contributed by atoms with Crippen molar-refractivity contribution in [3.63, 3.8) is 0 Å². The predicted octanol–water partition coefficient (Wildman–Crippen LogP) is 3.31. The summed E-state index contributed by atoms with van der Waals surface area (Å²) in [6.07, 6.45) is 3.60. The molecule has 0 saturated heterocycles. The zero-order valence-electron chi connectivity index (χ0n) is 12.6. The van der Waals surface area contributed by atoms with Crippen LogP contribution in [0, 0.1) is 12.7 Å². The number of aromatic nitrogens is 2. The molecule has 0 spiro atoms. The van der Waals surface area contributed by atoms with Crippen LogP contribution in [0.5, 0.6) is 0 Å². The summed E-state index contributed by atoms with van der Waals surface area (Å²) in [5, 5.41) is 21.6. The lowest BCUT2D eigenvalue weighted by atomic mass is 9.78. The van der Waals surface area contributed by atoms with Crippen LogP contribution >= 0.6 is 0 Å². The van der Waals surface area contributed by atoms with Crippen molar-refractivity contribution in [3.05, 3.63) is 41.7 Å². The van der Waals surface area contributed by atoms with Gasteiger partial charge in [-0.25, -0.2) is 4.39 Å². The van der Waals surface area contributed by atoms with Gasteiger partial charge in [-0.15, -0.1) is 10.2 Å². The highest BCUT2D eigenvalue weighted by Crippen LogP contribution is 2.34. The van der Waals surface area contributed by atoms with Crippen LogP contribution in [0.2, 0.25) is 0 Å². The Balaban J connectivity index is 1.67. The van der Waals surface area contributed by atoms with Crippen molar-refractivity contribution in [2.24, 2.45) is 0 Å². The van der Waals surface area contributed by atoms with Gasteiger partial charge in [0.2, 0.25) is 0 Å². The largest absolute Gasteiger partial charge is 0.390 e. The van der Waals surface area contributed by atoms with Gasteiger partial charge in [-0.3, -0.25) is 0 Å². The van der Waals surface area contributed by atoms with E-state index in [0.29, 0.717) is 23.6 Å². The van der Waals surface area contributed by atoms with Gasteiger partial charge >= 0.3 is 0 Å². The molecule has 1 aliphatic rings. The molecule has 0 aliphatic heterocycles. The lowest BCUT2D eigenvalue weighted by Gasteiger charge is -2.36. The first-order valence-corrected chi connectivity index (χ1v) is 7.62. The molecular formula is C17H20FN3O. The summed E-state index contributed by atoms with van der Waals surface area (Å²) in [6, 6.07) is 8.22. The van der Waals surface area contributed by atoms with E-state index in [-0.39, 0.29) is 5.82 Å². The third-order valence-electron chi connectivity index (χ3n) is 4.27. The quantitative estimate of drug-likeness (QED) is 0.889. The highest BCUT2D eigenvalue weighted by Gasteiger charge is 2.33. The number of benzene rings is 1. The van der Waals surface area contributed by atoms with E-state index < -0.39 is 5.60 Å². The summed E-state index contributed by atoms with van der Waals surface area (Å²) in [7, 11) is 0. The lowest BCUT2D eigenvalue weighted by molar-refractivity contribution is -0.0370. The standard InChI is InChI=1S/C17H20FN3O/c1-12-10-15(13-4-2-5-14(18)11-13)20-21-16(12)19-9-8-17(22)6-3-7-17/h2,4-5,10-11,22H,3,6-9H2,1H3,(H,19,21). The Bertz CT molecular complexity index is 671. The van der Waals surface area contributed by atoms with Crippen LogP contribution in [0.4, 0.5) is 10.2 Å². The second-order valence-electron chi connectivity index (χ2n) is 6.03. The van der Waals surface area contributed by atoms with E-state index in [9.17, 15) is 9.50 Å². The van der Waals surface area contributed by atoms with Gasteiger partial charge < -0.3 is 10.4 Å². The molecule has 0 radical (unpaired) electrons. The highest BCUT2D eigenvalue weighted by atomic mass is 19.1. The summed E-state index contributed by atoms with van der Waals surface area (Å²) in [6.45, 7) is 2.61. The van der Waals surface area contributed by atoms with Crippen molar-refractivity contribution in [1.29, 1.82) is 0 Å². The van der Waals surface area contributed by atoms with Crippen molar-refractivity contribution >= 4 is 5.82 Å². The van der Waals surface area contributed by atoms with Crippen molar-refractivity contribution in [1.82, 2.24) is 10.2 Å². The molecule has 1 fully saturated rings. The van der Waals surface area contributed by atoms with Crippen LogP contribution in [0.1, 0.15) is 31.2 Å². The van der Waals surface area contributed by atoms with Gasteiger partial charge in [-0.2, -0.15) is 0 Å². The summed E-state index contributed by atoms with van der Waals surface area (Å²) < 4.78 is 13.3. The lowest BCUT2D eigenvalue weighted by Crippen LogP contribution is -2.38. The Morgan fingerprint density at radius 1 is 1.27 bits per heavy atom. The molecule has 0 unspecified atom stereocenters. The van der Waals surface area contributed by atoms with Gasteiger partial charge in [0.05, 0.1) is 11.3 Å². The van der Waals surface area contributed by atoms with E-state index >= 15 is 0 Å². The van der Waals surface area contributed by atoms with Crippen molar-refractivity contribution < 1.29 is 9.50 Å². The van der Waals surface area contributed by atoms with Crippen molar-refractivity contribution in [3.8, 4) is 11.3 Å². The highest BCUT2D eigenvalue weighted by molar-refractivity contribution is 5.61. The normalized spacial score (nSPS) is 16.1. The fourth-order valence-corrected chi connectivity index (χ4v) is 2.70. The van der Waals surface area contributed by atoms with Crippen LogP contribution in [-0.2, 0) is 0 Å². The van der Waals surface area contributed by atoms with Crippen LogP contribution < -0.4 is 5.32 Å². The minimum Gasteiger partial charge on any atom is -0.390 e. The van der Waals surface area contributed by atoms with E-state index in [1.807, 2.05) is 19.1 Å². The van der Waals surface area contributed by atoms with Gasteiger partial charge in [0.25, 0.3) is 0 Å². The average Bonchev–Trinajstić information content (AvgIpc) is 2.47. The number of aliphatic hydroxyl groups is 1. The molecule has 2 N–H and O–H groups in total. The van der Waals surface area contributed by atoms with Crippen LogP contribution in [0.15, 0.2) is 30.3 Å². The predicted molar refractivity (Wildman–Crippen MR) is 84.1 cm³/mol. The van der Waals surface area contributed by atoms with Crippen molar-refractivity contribution in [2.75, 3.05) is 11.9 Å². The number of rotatable bonds is 5. The molecule has 0 amide bonds. The number of hydrogen-bond acceptors (Lipinski definition) is 4. The fraction of sp³-hybridized carbons (Fsp3) is 0.412. The molecule has 0 bridgehead atoms. The molecule has 116 valence electrons. The first-order valence-electron chi connectivity index (χ1n) is 7.62. The molecule has 2 aromatic rings. The maximum absolute atomic E-state index is 13.3. The summed E-state index contributed by atoms with van der Waals surface area (Å²) in [5.41, 5.74) is 1.83. The van der Waals surface area contributed by atoms with Gasteiger partial charge in [-0.05, 0) is 56.4 Å². The maximum Gasteiger partial charge on any atom is 0.151 e. The molecule has 1 heterocycles. The molecule has 1 aliphatic carbocycles. The summed E-state index contributed by atoms with van der Waals surface area (Å²) in [4.78, 5) is 0. The first kappa shape index (κ1) is 14.9. The van der Waals surface area contributed by atoms with Gasteiger partial charge in [0.1, 0.15) is 5.82 Å². The van der Waals surface area contributed by atoms with E-state index in [4.69, 9.17) is 0 Å². The smallest absolute Gasteiger partial charge is 0.151 e. The number of aryl methyl sites for hydroxylation is 1. The van der Waals surface area contributed by atoms with Crippen LogP contribution in [0.25, 0.3) is 11.3 Å². The molecule has 4 nitrogen and oxygen atoms in total. The van der Waals surface area contributed by atoms with E-state index in [1.54, 1.807) is 6.07 Å². The fourth-order valence-electron chi connectivity index (χ4n) is 2.70. The third kappa shape index (κ3) is 3.25. The number of hydrogen-bond donors (Lipinski definition) is 2. The molecule has 1 saturated carbocycles. The molecule has 5 heteroatoms. The first-order chi connectivity index (χ1) is 10.6. The summed E-state index contributed by atoms with van der Waals surface area (Å²) in [5.74, 6) is 0.427. The Hall–Kier alpha value is -2.01. The van der Waals surface area contributed by atoms with E-state index in [2.05, 4.69) is 15.5 Å². The topological polar surface area (TPSA) is 58.0 Å². The van der Waals surface area contributed by atoms with Crippen LogP contribution in [0.3, 0.4) is 0 Å². The second-order valence-corrected chi connectivity index (χ2v) is 6.03. The minimum absolute atomic E-state index is 0.284. The van der Waals surface area contributed by atoms with Crippen LogP contribution in [-0.4, -0.2) is 27.4 Å². The zero-order valence-corrected chi connectivity index (χ0v) is 12.6. The molecule has 22 heavy (non-hydrogen) atoms. The van der Waals surface area contributed by atoms with Crippen molar-refractivity contribution in [2.45, 2.75) is 38.2 Å². The van der Waals surface area contributed by atoms with E-state index in [1.165, 1.54) is 12.1 Å². The molecule has 3 rings (SSSR count).